The highest BCUT2D eigenvalue weighted by atomic mass is 32.1. The van der Waals surface area contributed by atoms with E-state index in [2.05, 4.69) is 10.1 Å². The minimum atomic E-state index is -0.619. The number of aryl methyl sites for hydroxylation is 1. The number of fused-ring (bicyclic) bond motifs is 1. The minimum absolute atomic E-state index is 0.00436. The van der Waals surface area contributed by atoms with Gasteiger partial charge in [-0.3, -0.25) is 4.79 Å². The second-order valence-electron chi connectivity index (χ2n) is 6.99. The van der Waals surface area contributed by atoms with Crippen LogP contribution in [0.1, 0.15) is 50.2 Å². The summed E-state index contributed by atoms with van der Waals surface area (Å²) in [5.74, 6) is -0.732. The third kappa shape index (κ3) is 3.68. The summed E-state index contributed by atoms with van der Waals surface area (Å²) >= 11 is 1.50. The van der Waals surface area contributed by atoms with Crippen molar-refractivity contribution >= 4 is 23.2 Å². The fourth-order valence-electron chi connectivity index (χ4n) is 3.35. The van der Waals surface area contributed by atoms with Gasteiger partial charge in [0.15, 0.2) is 11.4 Å². The molecule has 3 heterocycles. The van der Waals surface area contributed by atoms with Gasteiger partial charge >= 0.3 is 5.97 Å². The number of carbonyl (C=O) groups is 2. The van der Waals surface area contributed by atoms with E-state index in [4.69, 9.17) is 9.47 Å². The average Bonchev–Trinajstić information content (AvgIpc) is 3.34. The summed E-state index contributed by atoms with van der Waals surface area (Å²) in [6, 6.07) is 9.23. The molecule has 1 unspecified atom stereocenters. The molecule has 0 spiro atoms. The lowest BCUT2D eigenvalue weighted by Gasteiger charge is -2.30. The molecule has 2 aromatic heterocycles. The number of nitrogens with zero attached hydrogens (tertiary/aromatic N) is 4. The van der Waals surface area contributed by atoms with E-state index in [0.717, 1.165) is 16.3 Å². The van der Waals surface area contributed by atoms with Crippen LogP contribution < -0.4 is 4.74 Å². The van der Waals surface area contributed by atoms with Gasteiger partial charge in [-0.15, -0.1) is 11.3 Å². The molecule has 156 valence electrons. The highest BCUT2D eigenvalue weighted by Crippen LogP contribution is 2.35. The molecule has 0 fully saturated rings. The van der Waals surface area contributed by atoms with Crippen LogP contribution in [0.5, 0.6) is 5.75 Å². The summed E-state index contributed by atoms with van der Waals surface area (Å²) in [6.45, 7) is 4.44. The third-order valence-electron chi connectivity index (χ3n) is 4.77. The van der Waals surface area contributed by atoms with Gasteiger partial charge in [-0.05, 0) is 19.4 Å². The van der Waals surface area contributed by atoms with Gasteiger partial charge in [0.05, 0.1) is 6.61 Å². The molecule has 0 aliphatic carbocycles. The lowest BCUT2D eigenvalue weighted by atomic mass is 10.1. The molecule has 8 nitrogen and oxygen atoms in total. The Kier molecular flexibility index (Phi) is 5.54. The van der Waals surface area contributed by atoms with Crippen LogP contribution in [0.4, 0.5) is 0 Å². The maximum Gasteiger partial charge on any atom is 0.362 e. The zero-order valence-electron chi connectivity index (χ0n) is 17.0. The van der Waals surface area contributed by atoms with Gasteiger partial charge < -0.3 is 14.4 Å². The number of likely N-dealkylation sites (N-methyl/N-ethyl adjacent to an activating group) is 1. The van der Waals surface area contributed by atoms with Crippen LogP contribution in [0.3, 0.4) is 0 Å². The number of amides is 1. The van der Waals surface area contributed by atoms with E-state index in [0.29, 0.717) is 6.54 Å². The van der Waals surface area contributed by atoms with Crippen molar-refractivity contribution in [3.63, 3.8) is 0 Å². The number of hydrogen-bond donors (Lipinski definition) is 0. The molecule has 0 saturated heterocycles. The number of benzene rings is 1. The molecule has 0 bridgehead atoms. The molecule has 1 atom stereocenters. The van der Waals surface area contributed by atoms with E-state index >= 15 is 0 Å². The van der Waals surface area contributed by atoms with Gasteiger partial charge in [0.25, 0.3) is 5.91 Å². The Hall–Kier alpha value is -3.20. The van der Waals surface area contributed by atoms with Crippen molar-refractivity contribution in [2.75, 3.05) is 20.2 Å². The van der Waals surface area contributed by atoms with Crippen LogP contribution in [-0.4, -0.2) is 51.7 Å². The summed E-state index contributed by atoms with van der Waals surface area (Å²) in [7, 11) is 1.72. The van der Waals surface area contributed by atoms with Crippen molar-refractivity contribution in [2.24, 2.45) is 0 Å². The molecule has 0 saturated carbocycles. The zero-order valence-corrected chi connectivity index (χ0v) is 17.8. The maximum atomic E-state index is 13.0. The SMILES string of the molecule is CCOC(=O)c1nn2c(c1OCc1ccccc1)C(=O)N(C)CC2c1nc(C)cs1. The standard InChI is InChI=1S/C21H22N4O4S/c1-4-28-21(27)16-18(29-11-14-8-6-5-7-9-14)17-20(26)24(3)10-15(25(17)23-16)19-22-13(2)12-30-19/h5-9,12,15H,4,10-11H2,1-3H3. The summed E-state index contributed by atoms with van der Waals surface area (Å²) in [6.07, 6.45) is 0. The molecule has 1 aliphatic rings. The highest BCUT2D eigenvalue weighted by Gasteiger charge is 2.39. The molecule has 0 N–H and O–H groups in total. The Labute approximate surface area is 178 Å². The second-order valence-corrected chi connectivity index (χ2v) is 7.88. The van der Waals surface area contributed by atoms with E-state index in [1.165, 1.54) is 11.3 Å². The van der Waals surface area contributed by atoms with Crippen LogP contribution in [0.2, 0.25) is 0 Å². The van der Waals surface area contributed by atoms with Gasteiger partial charge in [0.1, 0.15) is 17.7 Å². The fourth-order valence-corrected chi connectivity index (χ4v) is 4.22. The van der Waals surface area contributed by atoms with E-state index < -0.39 is 5.97 Å². The number of thiazole rings is 1. The topological polar surface area (TPSA) is 86.5 Å². The Morgan fingerprint density at radius 1 is 1.30 bits per heavy atom. The van der Waals surface area contributed by atoms with Crippen molar-refractivity contribution in [2.45, 2.75) is 26.5 Å². The number of hydrogen-bond acceptors (Lipinski definition) is 7. The lowest BCUT2D eigenvalue weighted by Crippen LogP contribution is -2.41. The lowest BCUT2D eigenvalue weighted by molar-refractivity contribution is 0.0512. The Balaban J connectivity index is 1.80. The second kappa shape index (κ2) is 8.27. The Bertz CT molecular complexity index is 1080. The molecule has 1 amide bonds. The predicted octanol–water partition coefficient (Wildman–Crippen LogP) is 3.08. The van der Waals surface area contributed by atoms with Gasteiger partial charge in [-0.25, -0.2) is 14.5 Å². The average molecular weight is 426 g/mol. The monoisotopic (exact) mass is 426 g/mol. The quantitative estimate of drug-likeness (QED) is 0.563. The molecule has 3 aromatic rings. The smallest absolute Gasteiger partial charge is 0.362 e. The summed E-state index contributed by atoms with van der Waals surface area (Å²) in [5.41, 5.74) is 2.05. The number of carbonyl (C=O) groups excluding carboxylic acids is 2. The van der Waals surface area contributed by atoms with Crippen LogP contribution in [-0.2, 0) is 11.3 Å². The van der Waals surface area contributed by atoms with Crippen LogP contribution >= 0.6 is 11.3 Å². The van der Waals surface area contributed by atoms with Crippen LogP contribution in [0.25, 0.3) is 0 Å². The normalized spacial score (nSPS) is 15.8. The van der Waals surface area contributed by atoms with Gasteiger partial charge in [0.2, 0.25) is 5.69 Å². The first-order valence-corrected chi connectivity index (χ1v) is 10.5. The number of esters is 1. The first kappa shape index (κ1) is 20.1. The van der Waals surface area contributed by atoms with Crippen molar-refractivity contribution < 1.29 is 19.1 Å². The minimum Gasteiger partial charge on any atom is -0.484 e. The van der Waals surface area contributed by atoms with Crippen molar-refractivity contribution in [3.05, 3.63) is 63.4 Å². The number of ether oxygens (including phenoxy) is 2. The van der Waals surface area contributed by atoms with Crippen LogP contribution in [0, 0.1) is 6.92 Å². The first-order valence-electron chi connectivity index (χ1n) is 9.63. The number of rotatable bonds is 6. The Morgan fingerprint density at radius 2 is 2.07 bits per heavy atom. The van der Waals surface area contributed by atoms with E-state index in [9.17, 15) is 9.59 Å². The Morgan fingerprint density at radius 3 is 2.73 bits per heavy atom. The van der Waals surface area contributed by atoms with Crippen molar-refractivity contribution in [1.29, 1.82) is 0 Å². The molecule has 30 heavy (non-hydrogen) atoms. The number of aromatic nitrogens is 3. The fraction of sp³-hybridized carbons (Fsp3) is 0.333. The maximum absolute atomic E-state index is 13.0. The summed E-state index contributed by atoms with van der Waals surface area (Å²) in [5, 5.41) is 7.24. The summed E-state index contributed by atoms with van der Waals surface area (Å²) < 4.78 is 12.7. The van der Waals surface area contributed by atoms with Crippen LogP contribution in [0.15, 0.2) is 35.7 Å². The third-order valence-corrected chi connectivity index (χ3v) is 5.84. The highest BCUT2D eigenvalue weighted by molar-refractivity contribution is 7.09. The van der Waals surface area contributed by atoms with E-state index in [1.54, 1.807) is 23.6 Å². The molecule has 4 rings (SSSR count). The van der Waals surface area contributed by atoms with Crippen molar-refractivity contribution in [3.8, 4) is 5.75 Å². The zero-order chi connectivity index (χ0) is 21.3. The van der Waals surface area contributed by atoms with Crippen molar-refractivity contribution in [1.82, 2.24) is 19.7 Å². The first-order chi connectivity index (χ1) is 14.5. The molecule has 1 aromatic carbocycles. The molecule has 9 heteroatoms. The largest absolute Gasteiger partial charge is 0.484 e. The molecule has 0 radical (unpaired) electrons. The van der Waals surface area contributed by atoms with E-state index in [1.807, 2.05) is 42.6 Å². The van der Waals surface area contributed by atoms with E-state index in [-0.39, 0.29) is 42.3 Å². The van der Waals surface area contributed by atoms with Gasteiger partial charge in [-0.2, -0.15) is 5.10 Å². The molecule has 1 aliphatic heterocycles. The summed E-state index contributed by atoms with van der Waals surface area (Å²) in [4.78, 5) is 31.8. The van der Waals surface area contributed by atoms with Gasteiger partial charge in [-0.1, -0.05) is 30.3 Å². The predicted molar refractivity (Wildman–Crippen MR) is 111 cm³/mol. The van der Waals surface area contributed by atoms with Gasteiger partial charge in [0, 0.05) is 24.7 Å². The molecular formula is C21H22N4O4S. The molecular weight excluding hydrogens is 404 g/mol.